The molecular formula is C22H26Br2N2O4. The van der Waals surface area contributed by atoms with Crippen molar-refractivity contribution >= 4 is 43.7 Å². The SMILES string of the molecule is CCc1ccc(OCC(=O)NNC(=O)c2cc(Br)ccc2OCCC(C)C)c(Br)c1. The average Bonchev–Trinajstić information content (AvgIpc) is 2.71. The van der Waals surface area contributed by atoms with E-state index in [0.29, 0.717) is 29.6 Å². The van der Waals surface area contributed by atoms with Gasteiger partial charge in [-0.3, -0.25) is 20.4 Å². The Bertz CT molecular complexity index is 887. The molecule has 2 aromatic rings. The Morgan fingerprint density at radius 1 is 1.00 bits per heavy atom. The fourth-order valence-corrected chi connectivity index (χ4v) is 3.37. The maximum atomic E-state index is 12.5. The molecule has 8 heteroatoms. The molecule has 0 aliphatic rings. The number of hydrogen-bond acceptors (Lipinski definition) is 4. The molecule has 0 heterocycles. The number of nitrogens with one attached hydrogen (secondary N) is 2. The molecular weight excluding hydrogens is 516 g/mol. The average molecular weight is 542 g/mol. The molecule has 0 unspecified atom stereocenters. The summed E-state index contributed by atoms with van der Waals surface area (Å²) in [5.74, 6) is 0.559. The molecule has 0 saturated carbocycles. The molecule has 2 N–H and O–H groups in total. The van der Waals surface area contributed by atoms with Gasteiger partial charge in [0.2, 0.25) is 0 Å². The summed E-state index contributed by atoms with van der Waals surface area (Å²) < 4.78 is 12.8. The summed E-state index contributed by atoms with van der Waals surface area (Å²) in [5.41, 5.74) is 6.25. The van der Waals surface area contributed by atoms with Crippen molar-refractivity contribution < 1.29 is 19.1 Å². The lowest BCUT2D eigenvalue weighted by molar-refractivity contribution is -0.123. The fraction of sp³-hybridized carbons (Fsp3) is 0.364. The van der Waals surface area contributed by atoms with E-state index in [0.717, 1.165) is 27.4 Å². The lowest BCUT2D eigenvalue weighted by Gasteiger charge is -2.14. The largest absolute Gasteiger partial charge is 0.493 e. The first kappa shape index (κ1) is 24.2. The number of halogens is 2. The molecule has 0 spiro atoms. The summed E-state index contributed by atoms with van der Waals surface area (Å²) in [6, 6.07) is 10.9. The molecule has 0 bridgehead atoms. The second kappa shape index (κ2) is 12.0. The molecule has 0 aliphatic heterocycles. The highest BCUT2D eigenvalue weighted by atomic mass is 79.9. The Labute approximate surface area is 193 Å². The number of carbonyl (C=O) groups excluding carboxylic acids is 2. The van der Waals surface area contributed by atoms with Gasteiger partial charge in [-0.15, -0.1) is 0 Å². The van der Waals surface area contributed by atoms with Crippen LogP contribution in [0.2, 0.25) is 0 Å². The molecule has 0 fully saturated rings. The van der Waals surface area contributed by atoms with Crippen LogP contribution < -0.4 is 20.3 Å². The summed E-state index contributed by atoms with van der Waals surface area (Å²) >= 11 is 6.79. The van der Waals surface area contributed by atoms with Gasteiger partial charge in [0.15, 0.2) is 6.61 Å². The van der Waals surface area contributed by atoms with Crippen molar-refractivity contribution in [2.24, 2.45) is 5.92 Å². The van der Waals surface area contributed by atoms with E-state index in [9.17, 15) is 9.59 Å². The van der Waals surface area contributed by atoms with Crippen molar-refractivity contribution in [3.8, 4) is 11.5 Å². The smallest absolute Gasteiger partial charge is 0.276 e. The number of hydrogen-bond donors (Lipinski definition) is 2. The van der Waals surface area contributed by atoms with Gasteiger partial charge in [0.25, 0.3) is 11.8 Å². The maximum absolute atomic E-state index is 12.5. The highest BCUT2D eigenvalue weighted by Gasteiger charge is 2.15. The zero-order valence-electron chi connectivity index (χ0n) is 17.3. The van der Waals surface area contributed by atoms with Crippen molar-refractivity contribution in [1.29, 1.82) is 0 Å². The van der Waals surface area contributed by atoms with Gasteiger partial charge in [0.1, 0.15) is 11.5 Å². The monoisotopic (exact) mass is 540 g/mol. The highest BCUT2D eigenvalue weighted by molar-refractivity contribution is 9.10. The number of carbonyl (C=O) groups is 2. The van der Waals surface area contributed by atoms with E-state index in [4.69, 9.17) is 9.47 Å². The van der Waals surface area contributed by atoms with E-state index < -0.39 is 11.8 Å². The van der Waals surface area contributed by atoms with Crippen LogP contribution in [0.1, 0.15) is 43.1 Å². The standard InChI is InChI=1S/C22H26Br2N2O4/c1-4-15-5-7-20(18(24)11-15)30-13-21(27)25-26-22(28)17-12-16(23)6-8-19(17)29-10-9-14(2)3/h5-8,11-12,14H,4,9-10,13H2,1-3H3,(H,25,27)(H,26,28). The lowest BCUT2D eigenvalue weighted by atomic mass is 10.1. The van der Waals surface area contributed by atoms with Crippen LogP contribution in [0.4, 0.5) is 0 Å². The minimum Gasteiger partial charge on any atom is -0.493 e. The molecule has 0 saturated heterocycles. The minimum absolute atomic E-state index is 0.236. The minimum atomic E-state index is -0.480. The van der Waals surface area contributed by atoms with Gasteiger partial charge in [0, 0.05) is 4.47 Å². The summed E-state index contributed by atoms with van der Waals surface area (Å²) in [6.45, 7) is 6.54. The second-order valence-electron chi connectivity index (χ2n) is 7.08. The first-order valence-corrected chi connectivity index (χ1v) is 11.3. The van der Waals surface area contributed by atoms with Crippen molar-refractivity contribution in [2.75, 3.05) is 13.2 Å². The van der Waals surface area contributed by atoms with Crippen LogP contribution >= 0.6 is 31.9 Å². The first-order valence-electron chi connectivity index (χ1n) is 9.73. The van der Waals surface area contributed by atoms with Crippen molar-refractivity contribution in [3.63, 3.8) is 0 Å². The molecule has 6 nitrogen and oxygen atoms in total. The molecule has 2 rings (SSSR count). The van der Waals surface area contributed by atoms with Gasteiger partial charge >= 0.3 is 0 Å². The third-order valence-corrected chi connectivity index (χ3v) is 5.33. The zero-order valence-corrected chi connectivity index (χ0v) is 20.4. The predicted octanol–water partition coefficient (Wildman–Crippen LogP) is 5.04. The third kappa shape index (κ3) is 7.65. The summed E-state index contributed by atoms with van der Waals surface area (Å²) in [7, 11) is 0. The normalized spacial score (nSPS) is 10.6. The molecule has 0 aliphatic carbocycles. The molecule has 30 heavy (non-hydrogen) atoms. The van der Waals surface area contributed by atoms with Crippen LogP contribution in [0.25, 0.3) is 0 Å². The van der Waals surface area contributed by atoms with Gasteiger partial charge in [-0.1, -0.05) is 42.8 Å². The van der Waals surface area contributed by atoms with Gasteiger partial charge in [-0.2, -0.15) is 0 Å². The number of hydrazine groups is 1. The van der Waals surface area contributed by atoms with Crippen LogP contribution in [0, 0.1) is 5.92 Å². The van der Waals surface area contributed by atoms with E-state index in [1.165, 1.54) is 0 Å². The lowest BCUT2D eigenvalue weighted by Crippen LogP contribution is -2.44. The molecule has 0 aromatic heterocycles. The van der Waals surface area contributed by atoms with E-state index in [2.05, 4.69) is 63.5 Å². The van der Waals surface area contributed by atoms with Gasteiger partial charge in [-0.05, 0) is 70.6 Å². The first-order chi connectivity index (χ1) is 14.3. The van der Waals surface area contributed by atoms with E-state index in [1.807, 2.05) is 12.1 Å². The van der Waals surface area contributed by atoms with Gasteiger partial charge < -0.3 is 9.47 Å². The molecule has 0 radical (unpaired) electrons. The Hall–Kier alpha value is -2.06. The van der Waals surface area contributed by atoms with Gasteiger partial charge in [-0.25, -0.2) is 0 Å². The zero-order chi connectivity index (χ0) is 22.1. The fourth-order valence-electron chi connectivity index (χ4n) is 2.46. The van der Waals surface area contributed by atoms with Crippen LogP contribution in [0.15, 0.2) is 45.3 Å². The third-order valence-electron chi connectivity index (χ3n) is 4.22. The molecule has 0 atom stereocenters. The van der Waals surface area contributed by atoms with E-state index in [1.54, 1.807) is 24.3 Å². The van der Waals surface area contributed by atoms with E-state index in [-0.39, 0.29) is 6.61 Å². The summed E-state index contributed by atoms with van der Waals surface area (Å²) in [5, 5.41) is 0. The number of amides is 2. The predicted molar refractivity (Wildman–Crippen MR) is 124 cm³/mol. The number of benzene rings is 2. The number of aryl methyl sites for hydroxylation is 1. The topological polar surface area (TPSA) is 76.7 Å². The highest BCUT2D eigenvalue weighted by Crippen LogP contribution is 2.26. The van der Waals surface area contributed by atoms with Crippen molar-refractivity contribution in [1.82, 2.24) is 10.9 Å². The Morgan fingerprint density at radius 2 is 1.73 bits per heavy atom. The maximum Gasteiger partial charge on any atom is 0.276 e. The van der Waals surface area contributed by atoms with Crippen LogP contribution in [0.5, 0.6) is 11.5 Å². The Morgan fingerprint density at radius 3 is 2.40 bits per heavy atom. The summed E-state index contributed by atoms with van der Waals surface area (Å²) in [4.78, 5) is 24.6. The van der Waals surface area contributed by atoms with Crippen molar-refractivity contribution in [3.05, 3.63) is 56.5 Å². The van der Waals surface area contributed by atoms with Crippen LogP contribution in [-0.2, 0) is 11.2 Å². The molecule has 2 amide bonds. The van der Waals surface area contributed by atoms with Crippen LogP contribution in [0.3, 0.4) is 0 Å². The molecule has 162 valence electrons. The Kier molecular flexibility index (Phi) is 9.65. The number of ether oxygens (including phenoxy) is 2. The Balaban J connectivity index is 1.90. The van der Waals surface area contributed by atoms with Gasteiger partial charge in [0.05, 0.1) is 16.6 Å². The van der Waals surface area contributed by atoms with Crippen molar-refractivity contribution in [2.45, 2.75) is 33.6 Å². The summed E-state index contributed by atoms with van der Waals surface area (Å²) in [6.07, 6.45) is 1.78. The van der Waals surface area contributed by atoms with E-state index >= 15 is 0 Å². The number of rotatable bonds is 9. The molecule has 2 aromatic carbocycles. The quantitative estimate of drug-likeness (QED) is 0.436. The second-order valence-corrected chi connectivity index (χ2v) is 8.85. The van der Waals surface area contributed by atoms with Crippen LogP contribution in [-0.4, -0.2) is 25.0 Å².